The predicted molar refractivity (Wildman–Crippen MR) is 63.1 cm³/mol. The molecule has 1 aliphatic carbocycles. The van der Waals surface area contributed by atoms with E-state index in [9.17, 15) is 4.79 Å². The summed E-state index contributed by atoms with van der Waals surface area (Å²) in [5.41, 5.74) is 1.13. The average Bonchev–Trinajstić information content (AvgIpc) is 2.75. The van der Waals surface area contributed by atoms with Gasteiger partial charge in [0.15, 0.2) is 5.78 Å². The summed E-state index contributed by atoms with van der Waals surface area (Å²) in [6.45, 7) is 0.830. The molecule has 0 N–H and O–H groups in total. The van der Waals surface area contributed by atoms with Gasteiger partial charge in [-0.2, -0.15) is 0 Å². The maximum absolute atomic E-state index is 11.1. The van der Waals surface area contributed by atoms with Gasteiger partial charge in [-0.15, -0.1) is 11.3 Å². The van der Waals surface area contributed by atoms with E-state index in [1.54, 1.807) is 17.4 Å². The van der Waals surface area contributed by atoms with Gasteiger partial charge in [0.25, 0.3) is 0 Å². The van der Waals surface area contributed by atoms with E-state index in [2.05, 4.69) is 4.90 Å². The number of carbonyl (C=O) groups excluding carboxylic acids is 1. The van der Waals surface area contributed by atoms with Gasteiger partial charge in [-0.3, -0.25) is 4.79 Å². The van der Waals surface area contributed by atoms with E-state index in [0.717, 1.165) is 23.0 Å². The molecule has 0 radical (unpaired) electrons. The molecule has 0 saturated heterocycles. The van der Waals surface area contributed by atoms with Crippen LogP contribution < -0.4 is 0 Å². The van der Waals surface area contributed by atoms with Crippen molar-refractivity contribution in [1.82, 2.24) is 4.90 Å². The summed E-state index contributed by atoms with van der Waals surface area (Å²) in [5, 5.41) is 0. The number of rotatable bonds is 3. The van der Waals surface area contributed by atoms with E-state index < -0.39 is 0 Å². The van der Waals surface area contributed by atoms with E-state index in [-0.39, 0.29) is 5.78 Å². The first-order chi connectivity index (χ1) is 7.15. The Balaban J connectivity index is 2.01. The fourth-order valence-corrected chi connectivity index (χ4v) is 2.80. The number of carbonyl (C=O) groups is 1. The third-order valence-electron chi connectivity index (χ3n) is 2.47. The molecule has 0 aliphatic heterocycles. The molecule has 0 amide bonds. The highest BCUT2D eigenvalue weighted by atomic mass is 35.5. The second-order valence-corrected chi connectivity index (χ2v) is 5.46. The molecular weight excluding hydrogens is 230 g/mol. The van der Waals surface area contributed by atoms with Crippen LogP contribution in [0.2, 0.25) is 4.34 Å². The molecule has 1 aromatic heterocycles. The second kappa shape index (κ2) is 4.37. The minimum atomic E-state index is 0.237. The monoisotopic (exact) mass is 241 g/mol. The first-order valence-corrected chi connectivity index (χ1v) is 6.03. The van der Waals surface area contributed by atoms with Crippen molar-refractivity contribution in [1.29, 1.82) is 0 Å². The van der Waals surface area contributed by atoms with Crippen LogP contribution in [-0.4, -0.2) is 17.7 Å². The molecule has 1 aliphatic rings. The van der Waals surface area contributed by atoms with Crippen LogP contribution in [0.15, 0.2) is 23.9 Å². The quantitative estimate of drug-likeness (QED) is 0.811. The van der Waals surface area contributed by atoms with Gasteiger partial charge in [0.2, 0.25) is 0 Å². The van der Waals surface area contributed by atoms with Crippen molar-refractivity contribution in [2.24, 2.45) is 0 Å². The zero-order chi connectivity index (χ0) is 10.8. The van der Waals surface area contributed by atoms with Crippen molar-refractivity contribution >= 4 is 28.7 Å². The Hall–Kier alpha value is -0.800. The maximum Gasteiger partial charge on any atom is 0.157 e. The fourth-order valence-electron chi connectivity index (χ4n) is 1.65. The first-order valence-electron chi connectivity index (χ1n) is 4.84. The summed E-state index contributed by atoms with van der Waals surface area (Å²) in [6.07, 6.45) is 3.27. The molecule has 4 heteroatoms. The SMILES string of the molecule is CN(Cc1ccc(Cl)s1)C1=CC(=O)CC1. The third kappa shape index (κ3) is 2.61. The fraction of sp³-hybridized carbons (Fsp3) is 0.364. The molecule has 0 atom stereocenters. The average molecular weight is 242 g/mol. The van der Waals surface area contributed by atoms with Crippen LogP contribution in [0.1, 0.15) is 17.7 Å². The minimum Gasteiger partial charge on any atom is -0.373 e. The van der Waals surface area contributed by atoms with Crippen molar-refractivity contribution in [3.05, 3.63) is 33.1 Å². The molecule has 2 rings (SSSR count). The lowest BCUT2D eigenvalue weighted by atomic mass is 10.3. The van der Waals surface area contributed by atoms with E-state index in [1.165, 1.54) is 4.88 Å². The van der Waals surface area contributed by atoms with Crippen LogP contribution in [0, 0.1) is 0 Å². The summed E-state index contributed by atoms with van der Waals surface area (Å²) >= 11 is 7.45. The van der Waals surface area contributed by atoms with Crippen LogP contribution in [0.4, 0.5) is 0 Å². The van der Waals surface area contributed by atoms with Gasteiger partial charge in [-0.1, -0.05) is 11.6 Å². The lowest BCUT2D eigenvalue weighted by Crippen LogP contribution is -2.15. The molecule has 1 heterocycles. The molecule has 0 saturated carbocycles. The Morgan fingerprint density at radius 1 is 1.47 bits per heavy atom. The Bertz CT molecular complexity index is 410. The second-order valence-electron chi connectivity index (χ2n) is 3.66. The lowest BCUT2D eigenvalue weighted by Gasteiger charge is -2.18. The summed E-state index contributed by atoms with van der Waals surface area (Å²) < 4.78 is 0.815. The number of hydrogen-bond donors (Lipinski definition) is 0. The maximum atomic E-state index is 11.1. The van der Waals surface area contributed by atoms with Gasteiger partial charge >= 0.3 is 0 Å². The van der Waals surface area contributed by atoms with E-state index in [4.69, 9.17) is 11.6 Å². The number of ketones is 1. The Morgan fingerprint density at radius 2 is 2.27 bits per heavy atom. The van der Waals surface area contributed by atoms with Crippen LogP contribution in [0.25, 0.3) is 0 Å². The van der Waals surface area contributed by atoms with Crippen LogP contribution in [0.3, 0.4) is 0 Å². The van der Waals surface area contributed by atoms with Gasteiger partial charge in [-0.25, -0.2) is 0 Å². The van der Waals surface area contributed by atoms with Gasteiger partial charge < -0.3 is 4.90 Å². The van der Waals surface area contributed by atoms with Crippen LogP contribution in [0.5, 0.6) is 0 Å². The lowest BCUT2D eigenvalue weighted by molar-refractivity contribution is -0.114. The van der Waals surface area contributed by atoms with Crippen molar-refractivity contribution in [3.63, 3.8) is 0 Å². The molecular formula is C11H12ClNOS. The van der Waals surface area contributed by atoms with Crippen LogP contribution >= 0.6 is 22.9 Å². The number of allylic oxidation sites excluding steroid dienone is 2. The first kappa shape index (κ1) is 10.7. The molecule has 0 bridgehead atoms. The van der Waals surface area contributed by atoms with Crippen molar-refractivity contribution in [2.75, 3.05) is 7.05 Å². The third-order valence-corrected chi connectivity index (χ3v) is 3.68. The van der Waals surface area contributed by atoms with Crippen LogP contribution in [-0.2, 0) is 11.3 Å². The molecule has 0 fully saturated rings. The number of hydrogen-bond acceptors (Lipinski definition) is 3. The molecule has 0 aromatic carbocycles. The number of thiophene rings is 1. The number of nitrogens with zero attached hydrogens (tertiary/aromatic N) is 1. The highest BCUT2D eigenvalue weighted by molar-refractivity contribution is 7.16. The molecule has 80 valence electrons. The van der Waals surface area contributed by atoms with E-state index in [1.807, 2.05) is 19.2 Å². The molecule has 0 spiro atoms. The standard InChI is InChI=1S/C11H12ClNOS/c1-13(8-2-3-9(14)6-8)7-10-4-5-11(12)15-10/h4-6H,2-3,7H2,1H3. The van der Waals surface area contributed by atoms with Gasteiger partial charge in [0, 0.05) is 30.1 Å². The topological polar surface area (TPSA) is 20.3 Å². The smallest absolute Gasteiger partial charge is 0.157 e. The van der Waals surface area contributed by atoms with E-state index >= 15 is 0 Å². The summed E-state index contributed by atoms with van der Waals surface area (Å²) in [5.74, 6) is 0.237. The summed E-state index contributed by atoms with van der Waals surface area (Å²) in [7, 11) is 2.01. The van der Waals surface area contributed by atoms with Gasteiger partial charge in [-0.05, 0) is 18.6 Å². The van der Waals surface area contributed by atoms with Gasteiger partial charge in [0.05, 0.1) is 10.9 Å². The van der Waals surface area contributed by atoms with Crippen molar-refractivity contribution in [3.8, 4) is 0 Å². The number of halogens is 1. The van der Waals surface area contributed by atoms with Crippen molar-refractivity contribution < 1.29 is 4.79 Å². The van der Waals surface area contributed by atoms with E-state index in [0.29, 0.717) is 6.42 Å². The van der Waals surface area contributed by atoms with Crippen molar-refractivity contribution in [2.45, 2.75) is 19.4 Å². The Labute approximate surface area is 98.2 Å². The molecule has 2 nitrogen and oxygen atoms in total. The normalized spacial score (nSPS) is 15.6. The summed E-state index contributed by atoms with van der Waals surface area (Å²) in [4.78, 5) is 14.4. The molecule has 0 unspecified atom stereocenters. The largest absolute Gasteiger partial charge is 0.373 e. The highest BCUT2D eigenvalue weighted by Gasteiger charge is 2.15. The minimum absolute atomic E-state index is 0.237. The zero-order valence-corrected chi connectivity index (χ0v) is 10.1. The summed E-state index contributed by atoms with van der Waals surface area (Å²) in [6, 6.07) is 3.93. The zero-order valence-electron chi connectivity index (χ0n) is 8.50. The Kier molecular flexibility index (Phi) is 3.12. The molecule has 15 heavy (non-hydrogen) atoms. The molecule has 1 aromatic rings. The van der Waals surface area contributed by atoms with Gasteiger partial charge in [0.1, 0.15) is 0 Å². The highest BCUT2D eigenvalue weighted by Crippen LogP contribution is 2.25. The predicted octanol–water partition coefficient (Wildman–Crippen LogP) is 3.08. The Morgan fingerprint density at radius 3 is 2.80 bits per heavy atom.